The number of aromatic nitrogens is 2. The first kappa shape index (κ1) is 20.7. The van der Waals surface area contributed by atoms with Gasteiger partial charge in [-0.25, -0.2) is 0 Å². The van der Waals surface area contributed by atoms with Crippen LogP contribution in [0.4, 0.5) is 11.4 Å². The van der Waals surface area contributed by atoms with E-state index in [1.54, 1.807) is 12.4 Å². The molecule has 9 nitrogen and oxygen atoms in total. The molecule has 3 fully saturated rings. The van der Waals surface area contributed by atoms with E-state index in [1.165, 1.54) is 0 Å². The van der Waals surface area contributed by atoms with Gasteiger partial charge >= 0.3 is 0 Å². The molecule has 4 heterocycles. The van der Waals surface area contributed by atoms with Crippen molar-refractivity contribution in [2.24, 2.45) is 11.8 Å². The molecule has 5 rings (SSSR count). The van der Waals surface area contributed by atoms with Crippen LogP contribution in [-0.4, -0.2) is 72.4 Å². The molecule has 0 bridgehead atoms. The van der Waals surface area contributed by atoms with E-state index in [0.717, 1.165) is 36.5 Å². The summed E-state index contributed by atoms with van der Waals surface area (Å²) in [6.07, 6.45) is 4.98. The molecule has 1 N–H and O–H groups in total. The largest absolute Gasteiger partial charge is 0.489 e. The maximum atomic E-state index is 12.5. The molecular weight excluding hydrogens is 410 g/mol. The van der Waals surface area contributed by atoms with Crippen molar-refractivity contribution in [1.29, 1.82) is 0 Å². The van der Waals surface area contributed by atoms with E-state index in [2.05, 4.69) is 20.4 Å². The second-order valence-electron chi connectivity index (χ2n) is 8.59. The number of likely N-dealkylation sites (tertiary alicyclic amines) is 1. The third kappa shape index (κ3) is 4.52. The fourth-order valence-corrected chi connectivity index (χ4v) is 4.39. The summed E-state index contributed by atoms with van der Waals surface area (Å²) in [5, 5.41) is 10.6. The van der Waals surface area contributed by atoms with Crippen LogP contribution in [0, 0.1) is 11.8 Å². The lowest BCUT2D eigenvalue weighted by molar-refractivity contribution is -0.134. The van der Waals surface area contributed by atoms with E-state index in [1.807, 2.05) is 35.2 Å². The van der Waals surface area contributed by atoms with Crippen molar-refractivity contribution in [3.8, 4) is 5.75 Å². The van der Waals surface area contributed by atoms with E-state index in [9.17, 15) is 9.59 Å². The van der Waals surface area contributed by atoms with Gasteiger partial charge in [-0.1, -0.05) is 0 Å². The van der Waals surface area contributed by atoms with Gasteiger partial charge in [0.25, 0.3) is 0 Å². The van der Waals surface area contributed by atoms with Gasteiger partial charge in [0.15, 0.2) is 0 Å². The van der Waals surface area contributed by atoms with E-state index in [0.29, 0.717) is 32.8 Å². The van der Waals surface area contributed by atoms with Crippen LogP contribution in [-0.2, 0) is 14.3 Å². The second-order valence-corrected chi connectivity index (χ2v) is 8.59. The van der Waals surface area contributed by atoms with Crippen LogP contribution in [0.25, 0.3) is 0 Å². The number of hydrogen-bond donors (Lipinski definition) is 1. The molecule has 0 spiro atoms. The zero-order valence-electron chi connectivity index (χ0n) is 17.9. The molecule has 168 valence electrons. The van der Waals surface area contributed by atoms with Gasteiger partial charge in [0, 0.05) is 38.3 Å². The Kier molecular flexibility index (Phi) is 5.89. The molecule has 9 heteroatoms. The Morgan fingerprint density at radius 1 is 1.03 bits per heavy atom. The lowest BCUT2D eigenvalue weighted by Crippen LogP contribution is -2.52. The Morgan fingerprint density at radius 2 is 1.88 bits per heavy atom. The minimum atomic E-state index is -0.0497. The van der Waals surface area contributed by atoms with Gasteiger partial charge in [0.2, 0.25) is 11.8 Å². The summed E-state index contributed by atoms with van der Waals surface area (Å²) in [5.74, 6) is 0.887. The molecule has 2 amide bonds. The summed E-state index contributed by atoms with van der Waals surface area (Å²) in [4.78, 5) is 29.0. The number of ether oxygens (including phenoxy) is 2. The Labute approximate surface area is 186 Å². The summed E-state index contributed by atoms with van der Waals surface area (Å²) >= 11 is 0. The average molecular weight is 438 g/mol. The first-order valence-corrected chi connectivity index (χ1v) is 11.1. The highest BCUT2D eigenvalue weighted by Crippen LogP contribution is 2.26. The Bertz CT molecular complexity index is 943. The minimum absolute atomic E-state index is 0.000703. The molecule has 0 saturated carbocycles. The number of nitrogens with one attached hydrogen (secondary N) is 1. The Morgan fingerprint density at radius 3 is 2.59 bits per heavy atom. The van der Waals surface area contributed by atoms with Crippen LogP contribution >= 0.6 is 0 Å². The third-order valence-corrected chi connectivity index (χ3v) is 6.35. The lowest BCUT2D eigenvalue weighted by Gasteiger charge is -2.39. The molecule has 1 aromatic heterocycles. The summed E-state index contributed by atoms with van der Waals surface area (Å²) in [7, 11) is 0. The van der Waals surface area contributed by atoms with Crippen LogP contribution in [0.1, 0.15) is 12.8 Å². The summed E-state index contributed by atoms with van der Waals surface area (Å²) in [5.41, 5.74) is 1.73. The zero-order chi connectivity index (χ0) is 21.9. The summed E-state index contributed by atoms with van der Waals surface area (Å²) in [6, 6.07) is 9.32. The quantitative estimate of drug-likeness (QED) is 0.733. The number of rotatable bonds is 6. The fourth-order valence-electron chi connectivity index (χ4n) is 4.39. The van der Waals surface area contributed by atoms with Crippen molar-refractivity contribution in [2.45, 2.75) is 18.9 Å². The van der Waals surface area contributed by atoms with Crippen LogP contribution in [0.2, 0.25) is 0 Å². The van der Waals surface area contributed by atoms with E-state index < -0.39 is 0 Å². The maximum absolute atomic E-state index is 12.5. The lowest BCUT2D eigenvalue weighted by atomic mass is 9.98. The first-order valence-electron chi connectivity index (χ1n) is 11.1. The van der Waals surface area contributed by atoms with Gasteiger partial charge in [-0.3, -0.25) is 9.59 Å². The van der Waals surface area contributed by atoms with Crippen molar-refractivity contribution >= 4 is 23.2 Å². The molecule has 0 aliphatic carbocycles. The average Bonchev–Trinajstić information content (AvgIpc) is 3.47. The molecule has 3 saturated heterocycles. The van der Waals surface area contributed by atoms with Crippen LogP contribution in [0.5, 0.6) is 5.75 Å². The van der Waals surface area contributed by atoms with Crippen molar-refractivity contribution in [2.75, 3.05) is 49.6 Å². The van der Waals surface area contributed by atoms with Crippen LogP contribution in [0.3, 0.4) is 0 Å². The van der Waals surface area contributed by atoms with Crippen molar-refractivity contribution in [3.63, 3.8) is 0 Å². The Hall–Kier alpha value is -3.20. The molecular formula is C23H27N5O4. The number of carbonyl (C=O) groups is 2. The van der Waals surface area contributed by atoms with Gasteiger partial charge in [0.1, 0.15) is 11.9 Å². The van der Waals surface area contributed by atoms with E-state index in [-0.39, 0.29) is 29.8 Å². The zero-order valence-corrected chi connectivity index (χ0v) is 17.9. The standard InChI is InChI=1S/C23H27N5O4/c29-22(17-12-28(13-17)19-5-8-24-25-11-19)26-18-1-3-20(4-2-18)32-21-6-9-27(14-21)23(30)16-7-10-31-15-16/h1-5,8,11,16-17,21H,6-7,9-10,12-15H2,(H,26,29). The molecule has 3 aliphatic rings. The number of anilines is 2. The summed E-state index contributed by atoms with van der Waals surface area (Å²) < 4.78 is 11.4. The number of hydrogen-bond acceptors (Lipinski definition) is 7. The van der Waals surface area contributed by atoms with Crippen molar-refractivity contribution in [1.82, 2.24) is 15.1 Å². The molecule has 2 atom stereocenters. The Balaban J connectivity index is 1.07. The SMILES string of the molecule is O=C(Nc1ccc(OC2CCN(C(=O)C3CCOC3)C2)cc1)C1CN(c2ccnnc2)C1. The highest BCUT2D eigenvalue weighted by Gasteiger charge is 2.34. The number of carbonyl (C=O) groups excluding carboxylic acids is 2. The van der Waals surface area contributed by atoms with E-state index >= 15 is 0 Å². The minimum Gasteiger partial charge on any atom is -0.489 e. The molecule has 2 aromatic rings. The smallest absolute Gasteiger partial charge is 0.231 e. The predicted molar refractivity (Wildman–Crippen MR) is 117 cm³/mol. The number of benzene rings is 1. The third-order valence-electron chi connectivity index (χ3n) is 6.35. The second kappa shape index (κ2) is 9.12. The fraction of sp³-hybridized carbons (Fsp3) is 0.478. The highest BCUT2D eigenvalue weighted by atomic mass is 16.5. The van der Waals surface area contributed by atoms with Crippen molar-refractivity contribution < 1.29 is 19.1 Å². The highest BCUT2D eigenvalue weighted by molar-refractivity contribution is 5.94. The van der Waals surface area contributed by atoms with Gasteiger partial charge in [0.05, 0.1) is 43.1 Å². The molecule has 32 heavy (non-hydrogen) atoms. The monoisotopic (exact) mass is 437 g/mol. The molecule has 0 radical (unpaired) electrons. The van der Waals surface area contributed by atoms with Gasteiger partial charge in [-0.15, -0.1) is 0 Å². The number of nitrogens with zero attached hydrogens (tertiary/aromatic N) is 4. The first-order chi connectivity index (χ1) is 15.7. The normalized spacial score (nSPS) is 23.1. The molecule has 2 unspecified atom stereocenters. The van der Waals surface area contributed by atoms with Gasteiger partial charge in [-0.2, -0.15) is 10.2 Å². The predicted octanol–water partition coefficient (Wildman–Crippen LogP) is 1.57. The molecule has 3 aliphatic heterocycles. The van der Waals surface area contributed by atoms with Crippen LogP contribution in [0.15, 0.2) is 42.7 Å². The van der Waals surface area contributed by atoms with E-state index in [4.69, 9.17) is 9.47 Å². The topological polar surface area (TPSA) is 96.9 Å². The van der Waals surface area contributed by atoms with Gasteiger partial charge < -0.3 is 24.6 Å². The number of amides is 2. The molecule has 1 aromatic carbocycles. The van der Waals surface area contributed by atoms with Crippen molar-refractivity contribution in [3.05, 3.63) is 42.7 Å². The van der Waals surface area contributed by atoms with Gasteiger partial charge in [-0.05, 0) is 36.8 Å². The maximum Gasteiger partial charge on any atom is 0.231 e. The van der Waals surface area contributed by atoms with Crippen LogP contribution < -0.4 is 15.0 Å². The summed E-state index contributed by atoms with van der Waals surface area (Å²) in [6.45, 7) is 3.88.